The van der Waals surface area contributed by atoms with Crippen LogP contribution in [0, 0.1) is 0 Å². The van der Waals surface area contributed by atoms with Gasteiger partial charge in [-0.2, -0.15) is 8.42 Å². The van der Waals surface area contributed by atoms with E-state index < -0.39 is 16.0 Å². The van der Waals surface area contributed by atoms with Crippen LogP contribution < -0.4 is 8.92 Å². The van der Waals surface area contributed by atoms with Gasteiger partial charge < -0.3 is 8.92 Å². The molecule has 0 aliphatic carbocycles. The van der Waals surface area contributed by atoms with Crippen LogP contribution in [0.5, 0.6) is 11.5 Å². The fourth-order valence-electron chi connectivity index (χ4n) is 3.13. The number of carbonyl (C=O) groups excluding carboxylic acids is 2. The third-order valence-electron chi connectivity index (χ3n) is 4.84. The van der Waals surface area contributed by atoms with Crippen LogP contribution in [0.3, 0.4) is 0 Å². The molecular weight excluding hydrogens is 542 g/mol. The van der Waals surface area contributed by atoms with Crippen LogP contribution in [0.15, 0.2) is 87.1 Å². The quantitative estimate of drug-likeness (QED) is 0.280. The van der Waals surface area contributed by atoms with Crippen LogP contribution in [0.25, 0.3) is 6.08 Å². The highest BCUT2D eigenvalue weighted by Gasteiger charge is 2.35. The Balaban J connectivity index is 1.51. The molecule has 10 heteroatoms. The predicted molar refractivity (Wildman–Crippen MR) is 133 cm³/mol. The number of amides is 2. The lowest BCUT2D eigenvalue weighted by atomic mass is 10.2. The number of ether oxygens (including phenoxy) is 1. The fourth-order valence-corrected chi connectivity index (χ4v) is 5.16. The van der Waals surface area contributed by atoms with E-state index in [0.717, 1.165) is 21.8 Å². The number of methoxy groups -OCH3 is 1. The summed E-state index contributed by atoms with van der Waals surface area (Å²) in [5.41, 5.74) is 1.35. The monoisotopic (exact) mass is 559 g/mol. The van der Waals surface area contributed by atoms with Gasteiger partial charge in [-0.1, -0.05) is 40.2 Å². The molecule has 0 unspecified atom stereocenters. The zero-order valence-electron chi connectivity index (χ0n) is 17.8. The molecule has 0 saturated carbocycles. The van der Waals surface area contributed by atoms with Crippen molar-refractivity contribution in [2.45, 2.75) is 11.4 Å². The summed E-state index contributed by atoms with van der Waals surface area (Å²) in [5.74, 6) is 0.198. The van der Waals surface area contributed by atoms with E-state index in [4.69, 9.17) is 8.92 Å². The van der Waals surface area contributed by atoms with E-state index in [-0.39, 0.29) is 27.3 Å². The smallest absolute Gasteiger partial charge is 0.339 e. The summed E-state index contributed by atoms with van der Waals surface area (Å²) in [7, 11) is -2.58. The van der Waals surface area contributed by atoms with E-state index in [1.165, 1.54) is 48.4 Å². The molecule has 0 bridgehead atoms. The van der Waals surface area contributed by atoms with Crippen molar-refractivity contribution in [1.82, 2.24) is 4.90 Å². The Hall–Kier alpha value is -3.08. The molecule has 2 amide bonds. The zero-order chi connectivity index (χ0) is 24.3. The van der Waals surface area contributed by atoms with Crippen molar-refractivity contribution in [2.24, 2.45) is 0 Å². The first kappa shape index (κ1) is 24.1. The van der Waals surface area contributed by atoms with Crippen LogP contribution in [-0.2, 0) is 21.5 Å². The number of rotatable bonds is 7. The molecule has 3 aromatic rings. The number of hydrogen-bond acceptors (Lipinski definition) is 7. The molecule has 1 fully saturated rings. The maximum atomic E-state index is 12.8. The Morgan fingerprint density at radius 1 is 0.971 bits per heavy atom. The van der Waals surface area contributed by atoms with E-state index in [1.807, 2.05) is 24.3 Å². The van der Waals surface area contributed by atoms with Crippen LogP contribution in [0.4, 0.5) is 4.79 Å². The van der Waals surface area contributed by atoms with E-state index in [2.05, 4.69) is 15.9 Å². The number of carbonyl (C=O) groups is 2. The summed E-state index contributed by atoms with van der Waals surface area (Å²) in [6, 6.07) is 19.5. The lowest BCUT2D eigenvalue weighted by Crippen LogP contribution is -2.27. The molecule has 34 heavy (non-hydrogen) atoms. The van der Waals surface area contributed by atoms with Crippen molar-refractivity contribution < 1.29 is 26.9 Å². The fraction of sp³-hybridized carbons (Fsp3) is 0.0833. The molecule has 7 nitrogen and oxygen atoms in total. The molecule has 174 valence electrons. The van der Waals surface area contributed by atoms with Crippen LogP contribution >= 0.6 is 27.7 Å². The van der Waals surface area contributed by atoms with E-state index in [1.54, 1.807) is 18.2 Å². The molecule has 1 heterocycles. The second-order valence-electron chi connectivity index (χ2n) is 7.18. The highest BCUT2D eigenvalue weighted by atomic mass is 79.9. The van der Waals surface area contributed by atoms with Gasteiger partial charge in [0.2, 0.25) is 0 Å². The molecule has 0 N–H and O–H groups in total. The number of imide groups is 1. The first-order valence-corrected chi connectivity index (χ1v) is 13.0. The Labute approximate surface area is 209 Å². The minimum atomic E-state index is -4.06. The number of benzene rings is 3. The first-order valence-electron chi connectivity index (χ1n) is 9.93. The van der Waals surface area contributed by atoms with E-state index in [0.29, 0.717) is 11.3 Å². The van der Waals surface area contributed by atoms with Crippen LogP contribution in [-0.4, -0.2) is 31.6 Å². The second kappa shape index (κ2) is 10.0. The molecule has 0 atom stereocenters. The Morgan fingerprint density at radius 2 is 1.68 bits per heavy atom. The number of hydrogen-bond donors (Lipinski definition) is 0. The summed E-state index contributed by atoms with van der Waals surface area (Å²) in [6.45, 7) is 0.165. The highest BCUT2D eigenvalue weighted by molar-refractivity contribution is 9.10. The van der Waals surface area contributed by atoms with Gasteiger partial charge in [0.15, 0.2) is 0 Å². The van der Waals surface area contributed by atoms with Gasteiger partial charge in [-0.05, 0) is 77.5 Å². The van der Waals surface area contributed by atoms with Gasteiger partial charge in [-0.3, -0.25) is 14.5 Å². The second-order valence-corrected chi connectivity index (χ2v) is 10.6. The van der Waals surface area contributed by atoms with Crippen molar-refractivity contribution in [3.63, 3.8) is 0 Å². The van der Waals surface area contributed by atoms with E-state index in [9.17, 15) is 18.0 Å². The molecule has 1 aliphatic rings. The predicted octanol–water partition coefficient (Wildman–Crippen LogP) is 5.46. The molecule has 0 aromatic heterocycles. The van der Waals surface area contributed by atoms with Gasteiger partial charge >= 0.3 is 10.1 Å². The SMILES string of the molecule is COc1ccc(S(=O)(=O)Oc2cccc(/C=C3\SC(=O)N(Cc4ccc(Br)cc4)C3=O)c2)cc1. The summed E-state index contributed by atoms with van der Waals surface area (Å²) >= 11 is 4.19. The Kier molecular flexibility index (Phi) is 7.11. The molecule has 1 saturated heterocycles. The third-order valence-corrected chi connectivity index (χ3v) is 7.53. The minimum Gasteiger partial charge on any atom is -0.497 e. The summed E-state index contributed by atoms with van der Waals surface area (Å²) in [4.78, 5) is 26.6. The average molecular weight is 560 g/mol. The average Bonchev–Trinajstić information content (AvgIpc) is 3.07. The van der Waals surface area contributed by atoms with Crippen LogP contribution in [0.2, 0.25) is 0 Å². The minimum absolute atomic E-state index is 0.0206. The van der Waals surface area contributed by atoms with Gasteiger partial charge in [0.05, 0.1) is 18.6 Å². The van der Waals surface area contributed by atoms with Crippen molar-refractivity contribution in [3.05, 3.63) is 93.3 Å². The summed E-state index contributed by atoms with van der Waals surface area (Å²) in [5, 5.41) is -0.367. The zero-order valence-corrected chi connectivity index (χ0v) is 21.0. The molecular formula is C24H18BrNO6S2. The Morgan fingerprint density at radius 3 is 2.35 bits per heavy atom. The van der Waals surface area contributed by atoms with Gasteiger partial charge in [-0.15, -0.1) is 0 Å². The first-order chi connectivity index (χ1) is 16.2. The maximum absolute atomic E-state index is 12.8. The normalized spacial score (nSPS) is 15.1. The van der Waals surface area contributed by atoms with Crippen molar-refractivity contribution in [3.8, 4) is 11.5 Å². The van der Waals surface area contributed by atoms with Gasteiger partial charge in [0, 0.05) is 4.47 Å². The van der Waals surface area contributed by atoms with Crippen molar-refractivity contribution >= 4 is 55.0 Å². The van der Waals surface area contributed by atoms with Gasteiger partial charge in [0.1, 0.15) is 16.4 Å². The summed E-state index contributed by atoms with van der Waals surface area (Å²) in [6.07, 6.45) is 1.54. The standard InChI is InChI=1S/C24H18BrNO6S2/c1-31-19-9-11-21(12-10-19)34(29,30)32-20-4-2-3-17(13-20)14-22-23(27)26(24(28)33-22)15-16-5-7-18(25)8-6-16/h2-14H,15H2,1H3/b22-14-. The molecule has 1 aliphatic heterocycles. The maximum Gasteiger partial charge on any atom is 0.339 e. The highest BCUT2D eigenvalue weighted by Crippen LogP contribution is 2.34. The Bertz CT molecular complexity index is 1370. The molecule has 4 rings (SSSR count). The van der Waals surface area contributed by atoms with Crippen molar-refractivity contribution in [2.75, 3.05) is 7.11 Å². The molecule has 0 radical (unpaired) electrons. The van der Waals surface area contributed by atoms with Crippen LogP contribution in [0.1, 0.15) is 11.1 Å². The lowest BCUT2D eigenvalue weighted by molar-refractivity contribution is -0.123. The van der Waals surface area contributed by atoms with Crippen molar-refractivity contribution in [1.29, 1.82) is 0 Å². The summed E-state index contributed by atoms with van der Waals surface area (Å²) < 4.78 is 36.4. The number of halogens is 1. The van der Waals surface area contributed by atoms with Gasteiger partial charge in [0.25, 0.3) is 11.1 Å². The molecule has 0 spiro atoms. The lowest BCUT2D eigenvalue weighted by Gasteiger charge is -2.12. The largest absolute Gasteiger partial charge is 0.497 e. The van der Waals surface area contributed by atoms with E-state index >= 15 is 0 Å². The number of thioether (sulfide) groups is 1. The third kappa shape index (κ3) is 5.52. The number of nitrogens with zero attached hydrogens (tertiary/aromatic N) is 1. The molecule has 3 aromatic carbocycles. The topological polar surface area (TPSA) is 90.0 Å². The van der Waals surface area contributed by atoms with Gasteiger partial charge in [-0.25, -0.2) is 0 Å².